The molecule has 8 aromatic carbocycles. The Morgan fingerprint density at radius 2 is 0.803 bits per heavy atom. The predicted molar refractivity (Wildman–Crippen MR) is 539 cm³/mol. The maximum Gasteiger partial charge on any atom is 0.328 e. The van der Waals surface area contributed by atoms with E-state index in [4.69, 9.17) is 37.9 Å². The van der Waals surface area contributed by atoms with Crippen LogP contribution in [0.4, 0.5) is 0 Å². The van der Waals surface area contributed by atoms with Gasteiger partial charge in [0.2, 0.25) is 0 Å². The zero-order valence-electron chi connectivity index (χ0n) is 76.7. The molecule has 12 aliphatic heterocycles. The number of alkyl halides is 2. The number of esters is 2. The third kappa shape index (κ3) is 26.1. The van der Waals surface area contributed by atoms with Crippen molar-refractivity contribution in [2.75, 3.05) is 71.1 Å². The molecule has 4 atom stereocenters. The zero-order valence-corrected chi connectivity index (χ0v) is 79.9. The minimum Gasteiger partial charge on any atom is -0.508 e. The fraction of sp³-hybridized carbons (Fsp3) is 0.179. The number of ether oxygens (including phenoxy) is 8. The van der Waals surface area contributed by atoms with Gasteiger partial charge in [-0.15, -0.1) is 0 Å². The Bertz CT molecular complexity index is 7230. The number of allylic oxidation sites excluding steroid dienone is 2. The summed E-state index contributed by atoms with van der Waals surface area (Å²) in [6, 6.07) is 60.6. The number of nitrogens with one attached hydrogen (secondary N) is 4. The lowest BCUT2D eigenvalue weighted by molar-refractivity contribution is -0.143. The molecule has 0 aliphatic carbocycles. The van der Waals surface area contributed by atoms with Gasteiger partial charge in [0.05, 0.1) is 102 Å². The fourth-order valence-electron chi connectivity index (χ4n) is 15.1. The van der Waals surface area contributed by atoms with E-state index in [1.807, 2.05) is 164 Å². The van der Waals surface area contributed by atoms with Gasteiger partial charge in [-0.25, -0.2) is 48.3 Å². The van der Waals surface area contributed by atoms with Gasteiger partial charge in [-0.2, -0.15) is 20.4 Å². The number of benzene rings is 8. The van der Waals surface area contributed by atoms with Gasteiger partial charge in [-0.05, 0) is 241 Å². The number of halogens is 2. The summed E-state index contributed by atoms with van der Waals surface area (Å²) in [5.41, 5.74) is 7.62. The normalized spacial score (nSPS) is 15.7. The Morgan fingerprint density at radius 1 is 0.437 bits per heavy atom. The molecule has 0 unspecified atom stereocenters. The highest BCUT2D eigenvalue weighted by Gasteiger charge is 2.30. The monoisotopic (exact) mass is 2040 g/mol. The van der Waals surface area contributed by atoms with Crippen molar-refractivity contribution in [1.29, 1.82) is 0 Å². The maximum absolute atomic E-state index is 13.4. The number of aldehydes is 1. The second-order valence-corrected chi connectivity index (χ2v) is 33.1. The average Bonchev–Trinajstić information content (AvgIpc) is 1.66. The highest BCUT2D eigenvalue weighted by atomic mass is 79.9. The number of carbonyl (C=O) groups excluding carboxylic acids is 7. The molecule has 0 fully saturated rings. The largest absolute Gasteiger partial charge is 0.508 e. The van der Waals surface area contributed by atoms with Crippen LogP contribution in [0.1, 0.15) is 63.7 Å². The first kappa shape index (κ1) is 99.5. The number of fused-ring (bicyclic) bond motifs is 1. The standard InChI is InChI=1S/C27H24N4O5.C26H24N4O4.C26H22N4O4.C23H20N4O5.C4H6Br2/c1-34-27(33)23-15-18-6-8-20(9-7-18)35-13-2-3-14-36-21-10-11-24-19(16-21)17-29-31(24)25-22(26(32)30-23)5-4-12-28-25;2*31-17-20-14-18-5-7-21(8-6-18)33-12-1-2-13-34-22-9-10-24-19(15-22)16-28-30(24)25-23(26(32)29-20)4-3-11-27-25;1-32-23(31)19(11-14-4-6-16(28)7-5-14)26-22(30)18-3-2-10-24-21(18)27-20-9-8-17(29)12-15(20)13-25-27;5-3-1-2-4-6/h2-12,16-17,23H,13-15H2,1H3,(H,30,32);1-11,15-16,20,31H,12-14,17H2,(H,29,32);1-11,15-17,20H,12-14H2,(H,29,32);2-10,12-13,19,28-29H,11H2,1H3,(H,26,30);1-2H,3-4H2/b3-2+;2*2-1+;;2-1+/t23-;2*20-;19-;/m0000./s1. The second-order valence-electron chi connectivity index (χ2n) is 31.8. The number of aliphatic hydroxyl groups excluding tert-OH is 1. The molecular weight excluding hydrogens is 1950 g/mol. The summed E-state index contributed by atoms with van der Waals surface area (Å²) >= 11 is 6.49. The minimum atomic E-state index is -0.948. The highest BCUT2D eigenvalue weighted by Crippen LogP contribution is 2.31. The Hall–Kier alpha value is -17.0. The fourth-order valence-corrected chi connectivity index (χ4v) is 15.7. The number of aromatic nitrogens is 12. The quantitative estimate of drug-likeness (QED) is 0.0274. The molecule has 0 spiro atoms. The summed E-state index contributed by atoms with van der Waals surface area (Å²) in [4.78, 5) is 107. The summed E-state index contributed by atoms with van der Waals surface area (Å²) in [5, 5.41) is 63.1. The van der Waals surface area contributed by atoms with Gasteiger partial charge in [0.25, 0.3) is 23.6 Å². The van der Waals surface area contributed by atoms with Crippen LogP contribution in [0.15, 0.2) is 317 Å². The summed E-state index contributed by atoms with van der Waals surface area (Å²) < 4.78 is 50.8. The molecule has 722 valence electrons. The van der Waals surface area contributed by atoms with Crippen molar-refractivity contribution in [1.82, 2.24) is 80.3 Å². The summed E-state index contributed by atoms with van der Waals surface area (Å²) in [5.74, 6) is 3.00. The molecule has 34 nitrogen and oxygen atoms in total. The van der Waals surface area contributed by atoms with Crippen LogP contribution < -0.4 is 49.7 Å². The van der Waals surface area contributed by atoms with Gasteiger partial charge < -0.3 is 79.3 Å². The van der Waals surface area contributed by atoms with Crippen molar-refractivity contribution in [3.05, 3.63) is 361 Å². The SMILES string of the molecule is BrC/C=C/CBr.COC(=O)[C@@H]1Cc2ccc(cc2)OC/C=C/COc2ccc3c(cnn3-c3ncccc3C(=O)N1)c2.COC(=O)[C@H](Cc1ccc(O)cc1)NC(=O)c1cccnc1-n1ncc2cc(O)ccc21.O=C1N[C@H](CO)Cc2ccc(cc2)OC/C=C/COc2ccc3c(cnn3-c3ncccc31)c2.O=C[C@@H]1Cc2ccc(cc2)OC/C=C/COc2ccc3c(cnn3-c3ncccc3C(=O)N1)c2. The van der Waals surface area contributed by atoms with E-state index >= 15 is 0 Å². The number of amides is 4. The van der Waals surface area contributed by atoms with E-state index in [-0.39, 0.29) is 53.8 Å². The third-order valence-electron chi connectivity index (χ3n) is 22.2. The van der Waals surface area contributed by atoms with Crippen molar-refractivity contribution in [2.24, 2.45) is 0 Å². The molecule has 18 bridgehead atoms. The number of nitrogens with zero attached hydrogens (tertiary/aromatic N) is 12. The van der Waals surface area contributed by atoms with Crippen molar-refractivity contribution in [3.63, 3.8) is 0 Å². The molecule has 16 aromatic rings. The topological polar surface area (TPSA) is 425 Å². The number of phenols is 2. The number of carbonyl (C=O) groups is 7. The van der Waals surface area contributed by atoms with E-state index in [0.717, 1.165) is 77.7 Å². The third-order valence-corrected chi connectivity index (χ3v) is 22.9. The van der Waals surface area contributed by atoms with Crippen LogP contribution in [0.2, 0.25) is 0 Å². The zero-order chi connectivity index (χ0) is 99.1. The molecule has 4 amide bonds. The van der Waals surface area contributed by atoms with E-state index in [0.29, 0.717) is 121 Å². The van der Waals surface area contributed by atoms with Crippen molar-refractivity contribution in [3.8, 4) is 69.3 Å². The summed E-state index contributed by atoms with van der Waals surface area (Å²) in [6.45, 7) is 2.23. The molecule has 7 N–H and O–H groups in total. The molecule has 142 heavy (non-hydrogen) atoms. The van der Waals surface area contributed by atoms with Gasteiger partial charge in [0.1, 0.15) is 104 Å². The van der Waals surface area contributed by atoms with Gasteiger partial charge in [0.15, 0.2) is 23.3 Å². The van der Waals surface area contributed by atoms with Crippen molar-refractivity contribution in [2.45, 2.75) is 49.9 Å². The second kappa shape index (κ2) is 49.3. The Kier molecular flexibility index (Phi) is 34.6. The molecule has 0 saturated heterocycles. The Balaban J connectivity index is 0.000000140. The summed E-state index contributed by atoms with van der Waals surface area (Å²) in [6.07, 6.45) is 30.5. The van der Waals surface area contributed by atoms with Crippen LogP contribution in [0.25, 0.3) is 66.9 Å². The van der Waals surface area contributed by atoms with Gasteiger partial charge in [-0.1, -0.05) is 92.5 Å². The number of methoxy groups -OCH3 is 2. The molecule has 28 rings (SSSR count). The van der Waals surface area contributed by atoms with E-state index in [9.17, 15) is 48.9 Å². The van der Waals surface area contributed by atoms with E-state index < -0.39 is 53.8 Å². The van der Waals surface area contributed by atoms with Crippen LogP contribution in [-0.4, -0.2) is 212 Å². The first-order chi connectivity index (χ1) is 69.4. The number of pyridine rings is 4. The van der Waals surface area contributed by atoms with Crippen LogP contribution >= 0.6 is 31.9 Å². The van der Waals surface area contributed by atoms with Gasteiger partial charge in [-0.3, -0.25) is 19.2 Å². The average molecular weight is 2040 g/mol. The molecule has 8 aromatic heterocycles. The van der Waals surface area contributed by atoms with Crippen LogP contribution in [0.3, 0.4) is 0 Å². The van der Waals surface area contributed by atoms with Gasteiger partial charge in [0, 0.05) is 69.8 Å². The van der Waals surface area contributed by atoms with Crippen LogP contribution in [0.5, 0.6) is 46.0 Å². The number of aliphatic hydroxyl groups is 1. The van der Waals surface area contributed by atoms with Crippen LogP contribution in [-0.2, 0) is 49.5 Å². The highest BCUT2D eigenvalue weighted by molar-refractivity contribution is 9.09. The van der Waals surface area contributed by atoms with E-state index in [1.165, 1.54) is 43.3 Å². The number of hydrogen-bond donors (Lipinski definition) is 7. The molecule has 0 radical (unpaired) electrons. The van der Waals surface area contributed by atoms with Crippen molar-refractivity contribution < 1.29 is 86.8 Å². The van der Waals surface area contributed by atoms with E-state index in [1.54, 1.807) is 130 Å². The number of phenolic OH excluding ortho intramolecular Hbond substituents is 2. The smallest absolute Gasteiger partial charge is 0.328 e. The van der Waals surface area contributed by atoms with Crippen LogP contribution in [0, 0.1) is 0 Å². The summed E-state index contributed by atoms with van der Waals surface area (Å²) in [7, 11) is 2.54. The lowest BCUT2D eigenvalue weighted by atomic mass is 10.1. The Morgan fingerprint density at radius 3 is 1.22 bits per heavy atom. The molecule has 12 aliphatic rings. The number of hydrogen-bond acceptors (Lipinski definition) is 26. The first-order valence-corrected chi connectivity index (χ1v) is 47.1. The molecule has 0 saturated carbocycles. The molecule has 36 heteroatoms. The molecule has 20 heterocycles. The lowest BCUT2D eigenvalue weighted by Crippen LogP contribution is -2.43. The number of aromatic hydroxyl groups is 2. The Labute approximate surface area is 830 Å². The first-order valence-electron chi connectivity index (χ1n) is 44.8. The van der Waals surface area contributed by atoms with Gasteiger partial charge >= 0.3 is 11.9 Å². The maximum atomic E-state index is 13.4. The number of rotatable bonds is 11. The lowest BCUT2D eigenvalue weighted by Gasteiger charge is -2.18. The molecular formula is C106H96Br2N16O18. The minimum absolute atomic E-state index is 0.103. The predicted octanol–water partition coefficient (Wildman–Crippen LogP) is 14.3. The van der Waals surface area contributed by atoms with Crippen molar-refractivity contribution >= 4 is 117 Å². The van der Waals surface area contributed by atoms with E-state index in [2.05, 4.69) is 106 Å².